The van der Waals surface area contributed by atoms with Crippen molar-refractivity contribution in [3.8, 4) is 0 Å². The van der Waals surface area contributed by atoms with Crippen LogP contribution >= 0.6 is 22.5 Å². The van der Waals surface area contributed by atoms with Gasteiger partial charge in [-0.25, -0.2) is 0 Å². The minimum atomic E-state index is -0.645. The van der Waals surface area contributed by atoms with Crippen LogP contribution in [0.15, 0.2) is 76.1 Å². The van der Waals surface area contributed by atoms with E-state index in [9.17, 15) is 0 Å². The quantitative estimate of drug-likeness (QED) is 0.639. The van der Waals surface area contributed by atoms with Gasteiger partial charge in [0, 0.05) is 16.0 Å². The second-order valence-electron chi connectivity index (χ2n) is 6.20. The molecular formula is C21H23ClNOS. The van der Waals surface area contributed by atoms with Gasteiger partial charge in [-0.15, -0.1) is 0 Å². The van der Waals surface area contributed by atoms with E-state index < -0.39 is 16.4 Å². The van der Waals surface area contributed by atoms with Crippen molar-refractivity contribution in [2.75, 3.05) is 0 Å². The Hall–Kier alpha value is -1.68. The molecule has 0 aromatic heterocycles. The maximum atomic E-state index is 6.46. The third kappa shape index (κ3) is 4.30. The average Bonchev–Trinajstić information content (AvgIpc) is 3.09. The number of rotatable bonds is 6. The zero-order valence-electron chi connectivity index (χ0n) is 14.3. The molecule has 0 spiro atoms. The van der Waals surface area contributed by atoms with Gasteiger partial charge >= 0.3 is 0 Å². The second-order valence-corrected chi connectivity index (χ2v) is 8.50. The van der Waals surface area contributed by atoms with Crippen LogP contribution in [0.5, 0.6) is 0 Å². The molecule has 1 aliphatic heterocycles. The van der Waals surface area contributed by atoms with Gasteiger partial charge in [0.05, 0.1) is 0 Å². The molecule has 0 fully saturated rings. The summed E-state index contributed by atoms with van der Waals surface area (Å²) in [6, 6.07) is 16.3. The Kier molecular flexibility index (Phi) is 5.57. The topological polar surface area (TPSA) is 35.2 Å². The van der Waals surface area contributed by atoms with E-state index in [0.717, 1.165) is 23.3 Å². The summed E-state index contributed by atoms with van der Waals surface area (Å²) in [5, 5.41) is 5.03. The molecule has 2 aromatic carbocycles. The van der Waals surface area contributed by atoms with Crippen molar-refractivity contribution in [1.82, 2.24) is 0 Å². The summed E-state index contributed by atoms with van der Waals surface area (Å²) in [7, 11) is -0.542. The van der Waals surface area contributed by atoms with Gasteiger partial charge in [0.1, 0.15) is 12.4 Å². The van der Waals surface area contributed by atoms with E-state index in [1.54, 1.807) is 0 Å². The van der Waals surface area contributed by atoms with E-state index in [2.05, 4.69) is 35.9 Å². The highest BCUT2D eigenvalue weighted by molar-refractivity contribution is 8.22. The van der Waals surface area contributed by atoms with E-state index >= 15 is 0 Å². The van der Waals surface area contributed by atoms with Crippen LogP contribution in [0.25, 0.3) is 0 Å². The van der Waals surface area contributed by atoms with Gasteiger partial charge < -0.3 is 10.5 Å². The van der Waals surface area contributed by atoms with Crippen LogP contribution in [0.3, 0.4) is 0 Å². The Morgan fingerprint density at radius 3 is 2.64 bits per heavy atom. The fourth-order valence-corrected chi connectivity index (χ4v) is 4.74. The third-order valence-corrected chi connectivity index (χ3v) is 6.52. The number of thiol groups is 1. The molecule has 2 atom stereocenters. The Morgan fingerprint density at radius 2 is 1.96 bits per heavy atom. The summed E-state index contributed by atoms with van der Waals surface area (Å²) in [6.07, 6.45) is 2.77. The highest BCUT2D eigenvalue weighted by Crippen LogP contribution is 2.46. The maximum Gasteiger partial charge on any atom is 0.125 e. The van der Waals surface area contributed by atoms with Crippen molar-refractivity contribution in [3.05, 3.63) is 94.3 Å². The molecule has 2 aromatic rings. The minimum Gasteiger partial charge on any atom is -0.488 e. The van der Waals surface area contributed by atoms with E-state index in [1.807, 2.05) is 43.3 Å². The van der Waals surface area contributed by atoms with Gasteiger partial charge in [-0.05, 0) is 53.0 Å². The normalized spacial score (nSPS) is 20.2. The highest BCUT2D eigenvalue weighted by atomic mass is 35.5. The van der Waals surface area contributed by atoms with Crippen molar-refractivity contribution in [1.29, 1.82) is 0 Å². The minimum absolute atomic E-state index is 0.542. The van der Waals surface area contributed by atoms with Gasteiger partial charge in [0.25, 0.3) is 0 Å². The third-order valence-electron chi connectivity index (χ3n) is 4.33. The van der Waals surface area contributed by atoms with Gasteiger partial charge in [0.15, 0.2) is 0 Å². The van der Waals surface area contributed by atoms with Crippen molar-refractivity contribution in [3.63, 3.8) is 0 Å². The molecular weight excluding hydrogens is 350 g/mol. The standard InChI is InChI=1S/C21H23ClNOS/c1-3-21(2,23)19-10-9-18(13-20(19)22)25-12-11-17(15-25)24-14-16-7-5-4-6-8-16/h4-13,15,25H,2-3,14,23H2,1H3. The molecule has 1 aliphatic rings. The molecule has 2 N–H and O–H groups in total. The highest BCUT2D eigenvalue weighted by Gasteiger charge is 2.22. The zero-order chi connectivity index (χ0) is 17.9. The molecule has 0 bridgehead atoms. The van der Waals surface area contributed by atoms with Gasteiger partial charge in [-0.1, -0.05) is 54.9 Å². The number of benzene rings is 2. The molecule has 1 heterocycles. The molecule has 2 unspecified atom stereocenters. The van der Waals surface area contributed by atoms with E-state index in [-0.39, 0.29) is 0 Å². The van der Waals surface area contributed by atoms with Crippen LogP contribution in [0.2, 0.25) is 5.02 Å². The number of hydrogen-bond donors (Lipinski definition) is 2. The largest absolute Gasteiger partial charge is 0.488 e. The molecule has 3 rings (SSSR count). The first-order valence-corrected chi connectivity index (χ1v) is 10.1. The molecule has 2 nitrogen and oxygen atoms in total. The predicted octanol–water partition coefficient (Wildman–Crippen LogP) is 5.68. The average molecular weight is 373 g/mol. The van der Waals surface area contributed by atoms with E-state index in [0.29, 0.717) is 11.6 Å². The fourth-order valence-electron chi connectivity index (χ4n) is 2.62. The first-order valence-electron chi connectivity index (χ1n) is 8.29. The van der Waals surface area contributed by atoms with Crippen molar-refractivity contribution in [2.45, 2.75) is 30.4 Å². The van der Waals surface area contributed by atoms with E-state index in [4.69, 9.17) is 22.1 Å². The molecule has 0 saturated heterocycles. The summed E-state index contributed by atoms with van der Waals surface area (Å²) in [5.41, 5.74) is 7.63. The predicted molar refractivity (Wildman–Crippen MR) is 109 cm³/mol. The summed E-state index contributed by atoms with van der Waals surface area (Å²) < 4.78 is 5.89. The molecule has 0 saturated carbocycles. The lowest BCUT2D eigenvalue weighted by atomic mass is 9.91. The summed E-state index contributed by atoms with van der Waals surface area (Å²) in [5.74, 6) is 0.911. The molecule has 0 aliphatic carbocycles. The lowest BCUT2D eigenvalue weighted by Gasteiger charge is -2.25. The molecule has 4 heteroatoms. The Labute approximate surface area is 157 Å². The first kappa shape index (κ1) is 18.1. The summed E-state index contributed by atoms with van der Waals surface area (Å²) in [6.45, 7) is 6.66. The Morgan fingerprint density at radius 1 is 1.20 bits per heavy atom. The van der Waals surface area contributed by atoms with Crippen LogP contribution in [0.1, 0.15) is 24.5 Å². The molecule has 25 heavy (non-hydrogen) atoms. The number of hydrogen-bond acceptors (Lipinski definition) is 2. The maximum absolute atomic E-state index is 6.46. The van der Waals surface area contributed by atoms with Gasteiger partial charge in [-0.3, -0.25) is 0 Å². The number of nitrogens with two attached hydrogens (primary N) is 1. The molecule has 0 amide bonds. The van der Waals surface area contributed by atoms with Gasteiger partial charge in [-0.2, -0.15) is 10.9 Å². The lowest BCUT2D eigenvalue weighted by Crippen LogP contribution is -2.32. The van der Waals surface area contributed by atoms with Crippen LogP contribution in [0, 0.1) is 6.92 Å². The van der Waals surface area contributed by atoms with Gasteiger partial charge in [0.2, 0.25) is 0 Å². The van der Waals surface area contributed by atoms with Crippen LogP contribution in [-0.2, 0) is 16.9 Å². The summed E-state index contributed by atoms with van der Waals surface area (Å²) >= 11 is 6.46. The zero-order valence-corrected chi connectivity index (χ0v) is 15.9. The number of halogens is 1. The first-order chi connectivity index (χ1) is 12.0. The van der Waals surface area contributed by atoms with Crippen LogP contribution < -0.4 is 5.73 Å². The van der Waals surface area contributed by atoms with Crippen LogP contribution in [0.4, 0.5) is 0 Å². The number of allylic oxidation sites excluding steroid dienone is 1. The summed E-state index contributed by atoms with van der Waals surface area (Å²) in [4.78, 5) is 1.19. The van der Waals surface area contributed by atoms with Crippen LogP contribution in [-0.4, -0.2) is 0 Å². The second kappa shape index (κ2) is 7.69. The smallest absolute Gasteiger partial charge is 0.125 e. The monoisotopic (exact) mass is 372 g/mol. The molecule has 1 radical (unpaired) electrons. The Bertz CT molecular complexity index is 799. The SMILES string of the molecule is [CH2]C(N)(CC)c1ccc([SH]2C=CC(OCc3ccccc3)=C2)cc1Cl. The lowest BCUT2D eigenvalue weighted by molar-refractivity contribution is 0.212. The van der Waals surface area contributed by atoms with Crippen molar-refractivity contribution >= 4 is 22.5 Å². The fraction of sp³-hybridized carbons (Fsp3) is 0.190. The van der Waals surface area contributed by atoms with Crippen molar-refractivity contribution < 1.29 is 4.74 Å². The van der Waals surface area contributed by atoms with E-state index in [1.165, 1.54) is 4.90 Å². The number of ether oxygens (including phenoxy) is 1. The molecule has 131 valence electrons. The van der Waals surface area contributed by atoms with Crippen molar-refractivity contribution in [2.24, 2.45) is 5.73 Å². The Balaban J connectivity index is 1.70.